The van der Waals surface area contributed by atoms with Crippen molar-refractivity contribution in [3.63, 3.8) is 0 Å². The number of benzene rings is 3. The van der Waals surface area contributed by atoms with Gasteiger partial charge in [-0.3, -0.25) is 4.55 Å². The molecule has 138 valence electrons. The summed E-state index contributed by atoms with van der Waals surface area (Å²) in [5.74, 6) is -0.331. The van der Waals surface area contributed by atoms with Gasteiger partial charge < -0.3 is 5.11 Å². The Hall–Kier alpha value is -2.77. The van der Waals surface area contributed by atoms with Crippen LogP contribution in [0.2, 0.25) is 0 Å². The molecule has 3 aromatic rings. The van der Waals surface area contributed by atoms with Gasteiger partial charge in [0.1, 0.15) is 10.6 Å². The van der Waals surface area contributed by atoms with Crippen molar-refractivity contribution in [2.75, 3.05) is 0 Å². The molecular formula is C20H18N2O4S. The fourth-order valence-corrected chi connectivity index (χ4v) is 4.13. The third kappa shape index (κ3) is 3.43. The van der Waals surface area contributed by atoms with Gasteiger partial charge in [-0.15, -0.1) is 5.11 Å². The molecule has 6 nitrogen and oxygen atoms in total. The van der Waals surface area contributed by atoms with E-state index in [0.29, 0.717) is 16.5 Å². The topological polar surface area (TPSA) is 99.3 Å². The number of aryl methyl sites for hydroxylation is 2. The number of hydrogen-bond donors (Lipinski definition) is 2. The first kappa shape index (κ1) is 17.6. The van der Waals surface area contributed by atoms with Crippen molar-refractivity contribution in [3.05, 3.63) is 59.7 Å². The first-order chi connectivity index (χ1) is 12.9. The molecule has 0 saturated heterocycles. The van der Waals surface area contributed by atoms with Crippen LogP contribution in [0.5, 0.6) is 5.75 Å². The quantitative estimate of drug-likeness (QED) is 0.487. The van der Waals surface area contributed by atoms with E-state index in [0.717, 1.165) is 19.3 Å². The predicted molar refractivity (Wildman–Crippen MR) is 103 cm³/mol. The molecule has 0 fully saturated rings. The standard InChI is InChI=1S/C20H18N2O4S/c23-20-17-8-4-3-7-15(17)12-18(27(24,25)26)19(20)22-21-16-10-9-13-5-1-2-6-14(13)11-16/h3-4,7-12,23H,1-2,5-6H2,(H,24,25,26). The van der Waals surface area contributed by atoms with Crippen LogP contribution >= 0.6 is 0 Å². The average Bonchev–Trinajstić information content (AvgIpc) is 2.66. The summed E-state index contributed by atoms with van der Waals surface area (Å²) in [5.41, 5.74) is 2.82. The van der Waals surface area contributed by atoms with Crippen molar-refractivity contribution in [1.29, 1.82) is 0 Å². The van der Waals surface area contributed by atoms with Gasteiger partial charge in [-0.25, -0.2) is 0 Å². The van der Waals surface area contributed by atoms with Crippen molar-refractivity contribution in [2.24, 2.45) is 10.2 Å². The highest BCUT2D eigenvalue weighted by Gasteiger charge is 2.21. The lowest BCUT2D eigenvalue weighted by atomic mass is 9.91. The lowest BCUT2D eigenvalue weighted by molar-refractivity contribution is 0.472. The van der Waals surface area contributed by atoms with Crippen LogP contribution in [0.25, 0.3) is 10.8 Å². The molecule has 0 saturated carbocycles. The van der Waals surface area contributed by atoms with E-state index in [1.54, 1.807) is 24.3 Å². The van der Waals surface area contributed by atoms with Crippen LogP contribution in [-0.4, -0.2) is 18.1 Å². The number of rotatable bonds is 3. The Morgan fingerprint density at radius 3 is 2.41 bits per heavy atom. The Balaban J connectivity index is 1.83. The van der Waals surface area contributed by atoms with Gasteiger partial charge in [-0.1, -0.05) is 30.3 Å². The van der Waals surface area contributed by atoms with Crippen molar-refractivity contribution in [1.82, 2.24) is 0 Å². The van der Waals surface area contributed by atoms with Gasteiger partial charge in [-0.2, -0.15) is 13.5 Å². The molecule has 0 radical (unpaired) electrons. The smallest absolute Gasteiger partial charge is 0.296 e. The van der Waals surface area contributed by atoms with E-state index in [1.165, 1.54) is 23.6 Å². The number of phenols is 1. The van der Waals surface area contributed by atoms with Crippen LogP contribution in [-0.2, 0) is 23.0 Å². The van der Waals surface area contributed by atoms with E-state index in [1.807, 2.05) is 18.2 Å². The van der Waals surface area contributed by atoms with Crippen LogP contribution in [0, 0.1) is 0 Å². The molecule has 1 aliphatic rings. The van der Waals surface area contributed by atoms with Crippen molar-refractivity contribution >= 4 is 32.3 Å². The Bertz CT molecular complexity index is 1170. The Labute approximate surface area is 156 Å². The third-order valence-electron chi connectivity index (χ3n) is 4.84. The monoisotopic (exact) mass is 382 g/mol. The molecule has 0 spiro atoms. The molecule has 2 N–H and O–H groups in total. The Kier molecular flexibility index (Phi) is 4.41. The minimum atomic E-state index is -4.58. The summed E-state index contributed by atoms with van der Waals surface area (Å²) in [7, 11) is -4.58. The Morgan fingerprint density at radius 1 is 0.889 bits per heavy atom. The third-order valence-corrected chi connectivity index (χ3v) is 5.70. The fraction of sp³-hybridized carbons (Fsp3) is 0.200. The second kappa shape index (κ2) is 6.75. The van der Waals surface area contributed by atoms with Crippen LogP contribution in [0.15, 0.2) is 63.7 Å². The van der Waals surface area contributed by atoms with Gasteiger partial charge in [-0.05, 0) is 60.4 Å². The number of hydrogen-bond acceptors (Lipinski definition) is 5. The molecule has 1 aliphatic carbocycles. The molecule has 4 rings (SSSR count). The number of nitrogens with zero attached hydrogens (tertiary/aromatic N) is 2. The highest BCUT2D eigenvalue weighted by Crippen LogP contribution is 2.41. The maximum Gasteiger partial charge on any atom is 0.296 e. The highest BCUT2D eigenvalue weighted by molar-refractivity contribution is 7.86. The molecule has 27 heavy (non-hydrogen) atoms. The number of azo groups is 1. The van der Waals surface area contributed by atoms with Crippen LogP contribution in [0.1, 0.15) is 24.0 Å². The summed E-state index contributed by atoms with van der Waals surface area (Å²) in [6.07, 6.45) is 4.34. The summed E-state index contributed by atoms with van der Waals surface area (Å²) in [5, 5.41) is 19.5. The lowest BCUT2D eigenvalue weighted by Gasteiger charge is -2.15. The minimum absolute atomic E-state index is 0.270. The van der Waals surface area contributed by atoms with Crippen LogP contribution in [0.4, 0.5) is 11.4 Å². The lowest BCUT2D eigenvalue weighted by Crippen LogP contribution is -2.01. The number of phenolic OH excluding ortho intramolecular Hbond substituents is 1. The van der Waals surface area contributed by atoms with Crippen molar-refractivity contribution in [2.45, 2.75) is 30.6 Å². The minimum Gasteiger partial charge on any atom is -0.505 e. The molecule has 0 bridgehead atoms. The van der Waals surface area contributed by atoms with Gasteiger partial charge >= 0.3 is 0 Å². The SMILES string of the molecule is O=S(=O)(O)c1cc2ccccc2c(O)c1N=Nc1ccc2c(c1)CCCC2. The average molecular weight is 382 g/mol. The second-order valence-electron chi connectivity index (χ2n) is 6.63. The van der Waals surface area contributed by atoms with Crippen LogP contribution in [0.3, 0.4) is 0 Å². The Morgan fingerprint density at radius 2 is 1.63 bits per heavy atom. The zero-order chi connectivity index (χ0) is 19.0. The maximum atomic E-state index is 11.8. The van der Waals surface area contributed by atoms with Crippen molar-refractivity contribution in [3.8, 4) is 5.75 Å². The normalized spacial score (nSPS) is 14.6. The maximum absolute atomic E-state index is 11.8. The molecule has 3 aromatic carbocycles. The number of fused-ring (bicyclic) bond motifs is 2. The zero-order valence-electron chi connectivity index (χ0n) is 14.5. The van der Waals surface area contributed by atoms with E-state index >= 15 is 0 Å². The summed E-state index contributed by atoms with van der Waals surface area (Å²) >= 11 is 0. The van der Waals surface area contributed by atoms with Crippen LogP contribution < -0.4 is 0 Å². The molecule has 0 unspecified atom stereocenters. The largest absolute Gasteiger partial charge is 0.505 e. The van der Waals surface area contributed by atoms with Gasteiger partial charge in [0, 0.05) is 5.39 Å². The number of aromatic hydroxyl groups is 1. The second-order valence-corrected chi connectivity index (χ2v) is 8.02. The van der Waals surface area contributed by atoms with E-state index in [4.69, 9.17) is 0 Å². The fourth-order valence-electron chi connectivity index (χ4n) is 3.48. The summed E-state index contributed by atoms with van der Waals surface area (Å²) in [6, 6.07) is 13.8. The predicted octanol–water partition coefficient (Wildman–Crippen LogP) is 5.09. The first-order valence-electron chi connectivity index (χ1n) is 8.69. The van der Waals surface area contributed by atoms with Gasteiger partial charge in [0.2, 0.25) is 0 Å². The summed E-state index contributed by atoms with van der Waals surface area (Å²) in [6.45, 7) is 0. The molecule has 0 amide bonds. The molecule has 0 heterocycles. The summed E-state index contributed by atoms with van der Waals surface area (Å²) in [4.78, 5) is -0.472. The summed E-state index contributed by atoms with van der Waals surface area (Å²) < 4.78 is 33.2. The van der Waals surface area contributed by atoms with Crippen molar-refractivity contribution < 1.29 is 18.1 Å². The van der Waals surface area contributed by atoms with E-state index in [9.17, 15) is 18.1 Å². The van der Waals surface area contributed by atoms with Gasteiger partial charge in [0.05, 0.1) is 5.69 Å². The molecule has 0 aromatic heterocycles. The van der Waals surface area contributed by atoms with Gasteiger partial charge in [0.15, 0.2) is 5.75 Å². The first-order valence-corrected chi connectivity index (χ1v) is 10.1. The van der Waals surface area contributed by atoms with E-state index in [-0.39, 0.29) is 11.4 Å². The van der Waals surface area contributed by atoms with E-state index < -0.39 is 15.0 Å². The van der Waals surface area contributed by atoms with Gasteiger partial charge in [0.25, 0.3) is 10.1 Å². The zero-order valence-corrected chi connectivity index (χ0v) is 15.3. The molecule has 0 aliphatic heterocycles. The highest BCUT2D eigenvalue weighted by atomic mass is 32.2. The van der Waals surface area contributed by atoms with E-state index in [2.05, 4.69) is 10.2 Å². The molecule has 7 heteroatoms. The molecule has 0 atom stereocenters. The molecular weight excluding hydrogens is 364 g/mol.